The first-order valence-electron chi connectivity index (χ1n) is 10.7. The molecule has 2 aliphatic rings. The van der Waals surface area contributed by atoms with Crippen LogP contribution < -0.4 is 5.32 Å². The number of ether oxygens (including phenoxy) is 3. The Hall–Kier alpha value is -3.13. The molecule has 0 aromatic heterocycles. The van der Waals surface area contributed by atoms with Crippen molar-refractivity contribution in [3.8, 4) is 5.75 Å². The summed E-state index contributed by atoms with van der Waals surface area (Å²) in [5, 5.41) is 13.3. The van der Waals surface area contributed by atoms with Crippen molar-refractivity contribution < 1.29 is 33.7 Å². The molecule has 1 aromatic carbocycles. The minimum atomic E-state index is -0.964. The summed E-state index contributed by atoms with van der Waals surface area (Å²) >= 11 is 0. The number of carbonyl (C=O) groups excluding carboxylic acids is 3. The number of nitrogens with one attached hydrogen (secondary N) is 1. The van der Waals surface area contributed by atoms with E-state index in [4.69, 9.17) is 14.2 Å². The van der Waals surface area contributed by atoms with Crippen molar-refractivity contribution in [3.05, 3.63) is 52.4 Å². The zero-order valence-electron chi connectivity index (χ0n) is 18.8. The fraction of sp³-hybridized carbons (Fsp3) is 0.458. The lowest BCUT2D eigenvalue weighted by molar-refractivity contribution is -0.151. The number of dihydropyridines is 1. The van der Waals surface area contributed by atoms with E-state index >= 15 is 0 Å². The van der Waals surface area contributed by atoms with Crippen LogP contribution >= 0.6 is 0 Å². The SMILES string of the molecule is CCOCCOC(=O)C1=C(C)NC2=C(C(=O)[C@@H](C(=O)OC)[C@@H](C)C2)[C@@H]1c1cccc(O)c1. The predicted molar refractivity (Wildman–Crippen MR) is 115 cm³/mol. The van der Waals surface area contributed by atoms with E-state index in [0.717, 1.165) is 0 Å². The molecule has 8 heteroatoms. The molecule has 0 bridgehead atoms. The van der Waals surface area contributed by atoms with E-state index in [1.54, 1.807) is 19.1 Å². The van der Waals surface area contributed by atoms with Crippen molar-refractivity contribution in [2.75, 3.05) is 26.9 Å². The number of hydrogen-bond acceptors (Lipinski definition) is 8. The Bertz CT molecular complexity index is 978. The number of methoxy groups -OCH3 is 1. The number of benzene rings is 1. The number of ketones is 1. The first kappa shape index (κ1) is 23.5. The van der Waals surface area contributed by atoms with E-state index in [0.29, 0.717) is 35.6 Å². The Morgan fingerprint density at radius 2 is 2.00 bits per heavy atom. The lowest BCUT2D eigenvalue weighted by Gasteiger charge is -2.38. The zero-order chi connectivity index (χ0) is 23.4. The molecule has 0 radical (unpaired) electrons. The second-order valence-electron chi connectivity index (χ2n) is 7.96. The average Bonchev–Trinajstić information content (AvgIpc) is 2.75. The van der Waals surface area contributed by atoms with Crippen LogP contribution in [0.5, 0.6) is 5.75 Å². The molecule has 0 amide bonds. The summed E-state index contributed by atoms with van der Waals surface area (Å²) in [6.45, 7) is 6.25. The molecule has 0 unspecified atom stereocenters. The molecule has 32 heavy (non-hydrogen) atoms. The molecule has 0 fully saturated rings. The van der Waals surface area contributed by atoms with Crippen LogP contribution in [-0.4, -0.2) is 49.8 Å². The van der Waals surface area contributed by atoms with Crippen molar-refractivity contribution in [1.82, 2.24) is 5.32 Å². The Kier molecular flexibility index (Phi) is 7.35. The third kappa shape index (κ3) is 4.55. The highest BCUT2D eigenvalue weighted by Crippen LogP contribution is 2.45. The third-order valence-corrected chi connectivity index (χ3v) is 5.83. The van der Waals surface area contributed by atoms with Crippen LogP contribution in [0.15, 0.2) is 46.8 Å². The molecule has 1 aliphatic carbocycles. The van der Waals surface area contributed by atoms with Crippen LogP contribution in [0.1, 0.15) is 38.7 Å². The van der Waals surface area contributed by atoms with E-state index < -0.39 is 29.6 Å². The monoisotopic (exact) mass is 443 g/mol. The standard InChI is InChI=1S/C24H29NO7/c1-5-31-9-10-32-24(29)19-14(3)25-17-11-13(2)18(23(28)30-4)22(27)21(17)20(19)15-7-6-8-16(26)12-15/h6-8,12-13,18,20,25-26H,5,9-11H2,1-4H3/t13-,18-,20+/m0/s1. The van der Waals surface area contributed by atoms with Crippen LogP contribution in [0.4, 0.5) is 0 Å². The molecule has 3 rings (SSSR count). The molecule has 3 atom stereocenters. The highest BCUT2D eigenvalue weighted by atomic mass is 16.6. The van der Waals surface area contributed by atoms with Crippen LogP contribution in [0.2, 0.25) is 0 Å². The highest BCUT2D eigenvalue weighted by molar-refractivity contribution is 6.12. The molecule has 8 nitrogen and oxygen atoms in total. The molecule has 2 N–H and O–H groups in total. The maximum atomic E-state index is 13.6. The van der Waals surface area contributed by atoms with Gasteiger partial charge in [-0.2, -0.15) is 0 Å². The van der Waals surface area contributed by atoms with Crippen molar-refractivity contribution in [2.45, 2.75) is 33.1 Å². The van der Waals surface area contributed by atoms with Crippen molar-refractivity contribution >= 4 is 17.7 Å². The van der Waals surface area contributed by atoms with Gasteiger partial charge in [0, 0.05) is 29.5 Å². The number of hydrogen-bond donors (Lipinski definition) is 2. The Labute approximate surface area is 187 Å². The summed E-state index contributed by atoms with van der Waals surface area (Å²) in [7, 11) is 1.25. The van der Waals surface area contributed by atoms with E-state index in [1.807, 2.05) is 13.8 Å². The van der Waals surface area contributed by atoms with Gasteiger partial charge in [0.15, 0.2) is 5.78 Å². The summed E-state index contributed by atoms with van der Waals surface area (Å²) in [5.74, 6) is -3.59. The second kappa shape index (κ2) is 9.99. The smallest absolute Gasteiger partial charge is 0.336 e. The molecule has 1 aromatic rings. The number of allylic oxidation sites excluding steroid dienone is 3. The van der Waals surface area contributed by atoms with Gasteiger partial charge in [0.05, 0.1) is 19.3 Å². The van der Waals surface area contributed by atoms with Gasteiger partial charge in [-0.3, -0.25) is 9.59 Å². The summed E-state index contributed by atoms with van der Waals surface area (Å²) in [6.07, 6.45) is 0.445. The largest absolute Gasteiger partial charge is 0.508 e. The second-order valence-corrected chi connectivity index (χ2v) is 7.96. The van der Waals surface area contributed by atoms with Gasteiger partial charge in [0.1, 0.15) is 18.3 Å². The maximum absolute atomic E-state index is 13.6. The summed E-state index contributed by atoms with van der Waals surface area (Å²) in [5.41, 5.74) is 2.37. The molecular weight excluding hydrogens is 414 g/mol. The van der Waals surface area contributed by atoms with Crippen LogP contribution in [0, 0.1) is 11.8 Å². The lowest BCUT2D eigenvalue weighted by Crippen LogP contribution is -2.43. The van der Waals surface area contributed by atoms with Gasteiger partial charge in [0.25, 0.3) is 0 Å². The number of phenols is 1. The van der Waals surface area contributed by atoms with Gasteiger partial charge >= 0.3 is 11.9 Å². The topological polar surface area (TPSA) is 111 Å². The van der Waals surface area contributed by atoms with Gasteiger partial charge < -0.3 is 24.6 Å². The van der Waals surface area contributed by atoms with Gasteiger partial charge in [-0.15, -0.1) is 0 Å². The van der Waals surface area contributed by atoms with E-state index in [-0.39, 0.29) is 30.5 Å². The molecule has 0 saturated carbocycles. The predicted octanol–water partition coefficient (Wildman–Crippen LogP) is 2.58. The van der Waals surface area contributed by atoms with Crippen molar-refractivity contribution in [3.63, 3.8) is 0 Å². The van der Waals surface area contributed by atoms with Gasteiger partial charge in [0.2, 0.25) is 0 Å². The lowest BCUT2D eigenvalue weighted by atomic mass is 9.69. The fourth-order valence-electron chi connectivity index (χ4n) is 4.40. The number of Topliss-reactive ketones (excluding diaryl/α,β-unsaturated/α-hetero) is 1. The maximum Gasteiger partial charge on any atom is 0.336 e. The summed E-state index contributed by atoms with van der Waals surface area (Å²) in [6, 6.07) is 6.41. The minimum Gasteiger partial charge on any atom is -0.508 e. The van der Waals surface area contributed by atoms with Crippen LogP contribution in [-0.2, 0) is 28.6 Å². The highest BCUT2D eigenvalue weighted by Gasteiger charge is 2.47. The number of phenolic OH excluding ortho intramolecular Hbond substituents is 1. The van der Waals surface area contributed by atoms with Crippen LogP contribution in [0.25, 0.3) is 0 Å². The zero-order valence-corrected chi connectivity index (χ0v) is 18.8. The Morgan fingerprint density at radius 3 is 2.66 bits per heavy atom. The molecule has 0 spiro atoms. The summed E-state index contributed by atoms with van der Waals surface area (Å²) < 4.78 is 15.5. The normalized spacial score (nSPS) is 22.9. The minimum absolute atomic E-state index is 0.00560. The van der Waals surface area contributed by atoms with Crippen LogP contribution in [0.3, 0.4) is 0 Å². The molecular formula is C24H29NO7. The molecule has 172 valence electrons. The summed E-state index contributed by atoms with van der Waals surface area (Å²) in [4.78, 5) is 39.0. The molecule has 1 aliphatic heterocycles. The quantitative estimate of drug-likeness (QED) is 0.376. The van der Waals surface area contributed by atoms with Crippen molar-refractivity contribution in [1.29, 1.82) is 0 Å². The Morgan fingerprint density at radius 1 is 1.25 bits per heavy atom. The Balaban J connectivity index is 2.07. The van der Waals surface area contributed by atoms with Gasteiger partial charge in [-0.25, -0.2) is 4.79 Å². The van der Waals surface area contributed by atoms with E-state index in [2.05, 4.69) is 5.32 Å². The first-order valence-corrected chi connectivity index (χ1v) is 10.7. The first-order chi connectivity index (χ1) is 15.3. The fourth-order valence-corrected chi connectivity index (χ4v) is 4.40. The van der Waals surface area contributed by atoms with Gasteiger partial charge in [-0.05, 0) is 43.9 Å². The van der Waals surface area contributed by atoms with Gasteiger partial charge in [-0.1, -0.05) is 19.1 Å². The number of carbonyl (C=O) groups is 3. The third-order valence-electron chi connectivity index (χ3n) is 5.83. The molecule has 0 saturated heterocycles. The molecule has 1 heterocycles. The van der Waals surface area contributed by atoms with E-state index in [1.165, 1.54) is 19.2 Å². The number of aromatic hydroxyl groups is 1. The van der Waals surface area contributed by atoms with E-state index in [9.17, 15) is 19.5 Å². The average molecular weight is 443 g/mol. The number of rotatable bonds is 7. The van der Waals surface area contributed by atoms with Crippen molar-refractivity contribution in [2.24, 2.45) is 11.8 Å². The number of esters is 2.